The van der Waals surface area contributed by atoms with Crippen LogP contribution in [0.5, 0.6) is 0 Å². The fraction of sp³-hybridized carbons (Fsp3) is 0.120. The van der Waals surface area contributed by atoms with Gasteiger partial charge in [-0.3, -0.25) is 19.1 Å². The molecule has 0 bridgehead atoms. The molecule has 0 fully saturated rings. The first-order valence-corrected chi connectivity index (χ1v) is 11.5. The van der Waals surface area contributed by atoms with E-state index in [2.05, 4.69) is 43.6 Å². The molecular weight excluding hydrogens is 545 g/mol. The van der Waals surface area contributed by atoms with Crippen LogP contribution in [0.3, 0.4) is 0 Å². The maximum absolute atomic E-state index is 12.9. The van der Waals surface area contributed by atoms with E-state index < -0.39 is 0 Å². The molecule has 9 heteroatoms. The summed E-state index contributed by atoms with van der Waals surface area (Å²) in [6.45, 7) is 1.87. The topological polar surface area (TPSA) is 105 Å². The number of aromatic nitrogens is 2. The first kappa shape index (κ1) is 23.4. The minimum Gasteiger partial charge on any atom is -0.355 e. The summed E-state index contributed by atoms with van der Waals surface area (Å²) in [6.07, 6.45) is 0. The third-order valence-electron chi connectivity index (χ3n) is 5.45. The quantitative estimate of drug-likeness (QED) is 0.312. The SMILES string of the molecule is CNC(=O)c1ccc(C(=O)Nc2cc(NC(=O)c3ccc4c(c3)c(I)nn4C)ccc2C)cc1. The third kappa shape index (κ3) is 4.79. The molecule has 0 aliphatic carbocycles. The summed E-state index contributed by atoms with van der Waals surface area (Å²) in [5, 5.41) is 13.6. The highest BCUT2D eigenvalue weighted by molar-refractivity contribution is 14.1. The van der Waals surface area contributed by atoms with Gasteiger partial charge in [0.05, 0.1) is 5.52 Å². The molecule has 3 amide bonds. The van der Waals surface area contributed by atoms with Gasteiger partial charge in [-0.25, -0.2) is 0 Å². The van der Waals surface area contributed by atoms with Crippen molar-refractivity contribution in [3.8, 4) is 0 Å². The number of halogens is 1. The number of hydrogen-bond acceptors (Lipinski definition) is 4. The smallest absolute Gasteiger partial charge is 0.255 e. The molecule has 8 nitrogen and oxygen atoms in total. The standard InChI is InChI=1S/C25H22IN5O3/c1-14-4-10-18(28-25(34)17-9-11-21-19(12-17)22(26)30-31(21)3)13-20(14)29-24(33)16-7-5-15(6-8-16)23(32)27-2/h4-13H,1-3H3,(H,27,32)(H,28,34)(H,29,33). The van der Waals surface area contributed by atoms with Crippen molar-refractivity contribution in [3.63, 3.8) is 0 Å². The van der Waals surface area contributed by atoms with Crippen molar-refractivity contribution in [3.05, 3.63) is 86.6 Å². The lowest BCUT2D eigenvalue weighted by Crippen LogP contribution is -2.18. The molecule has 4 aromatic rings. The Kier molecular flexibility index (Phi) is 6.64. The molecule has 0 spiro atoms. The highest BCUT2D eigenvalue weighted by Crippen LogP contribution is 2.24. The van der Waals surface area contributed by atoms with Gasteiger partial charge in [-0.2, -0.15) is 5.10 Å². The van der Waals surface area contributed by atoms with Crippen molar-refractivity contribution in [2.75, 3.05) is 17.7 Å². The highest BCUT2D eigenvalue weighted by Gasteiger charge is 2.14. The van der Waals surface area contributed by atoms with E-state index in [-0.39, 0.29) is 17.7 Å². The molecule has 3 N–H and O–H groups in total. The molecule has 0 unspecified atom stereocenters. The molecule has 0 atom stereocenters. The number of benzene rings is 3. The molecular formula is C25H22IN5O3. The molecule has 1 aromatic heterocycles. The van der Waals surface area contributed by atoms with Crippen LogP contribution in [0.15, 0.2) is 60.7 Å². The number of carbonyl (C=O) groups excluding carboxylic acids is 3. The molecule has 0 saturated carbocycles. The van der Waals surface area contributed by atoms with E-state index in [1.165, 1.54) is 0 Å². The monoisotopic (exact) mass is 567 g/mol. The Morgan fingerprint density at radius 1 is 0.824 bits per heavy atom. The number of anilines is 2. The predicted molar refractivity (Wildman–Crippen MR) is 140 cm³/mol. The summed E-state index contributed by atoms with van der Waals surface area (Å²) >= 11 is 2.15. The Morgan fingerprint density at radius 3 is 2.12 bits per heavy atom. The molecule has 1 heterocycles. The zero-order valence-electron chi connectivity index (χ0n) is 18.8. The van der Waals surface area contributed by atoms with Crippen LogP contribution in [0.2, 0.25) is 0 Å². The van der Waals surface area contributed by atoms with Crippen LogP contribution in [-0.2, 0) is 7.05 Å². The van der Waals surface area contributed by atoms with Crippen LogP contribution in [0, 0.1) is 10.6 Å². The van der Waals surface area contributed by atoms with Gasteiger partial charge in [0.2, 0.25) is 0 Å². The Bertz CT molecular complexity index is 1430. The summed E-state index contributed by atoms with van der Waals surface area (Å²) in [5.41, 5.74) is 4.34. The maximum Gasteiger partial charge on any atom is 0.255 e. The largest absolute Gasteiger partial charge is 0.355 e. The van der Waals surface area contributed by atoms with Crippen LogP contribution < -0.4 is 16.0 Å². The number of carbonyl (C=O) groups is 3. The van der Waals surface area contributed by atoms with E-state index in [1.54, 1.807) is 54.2 Å². The molecule has 3 aromatic carbocycles. The second kappa shape index (κ2) is 9.64. The van der Waals surface area contributed by atoms with Crippen LogP contribution in [0.25, 0.3) is 10.9 Å². The van der Waals surface area contributed by atoms with E-state index in [0.29, 0.717) is 28.1 Å². The number of nitrogens with one attached hydrogen (secondary N) is 3. The van der Waals surface area contributed by atoms with Crippen molar-refractivity contribution < 1.29 is 14.4 Å². The van der Waals surface area contributed by atoms with Crippen molar-refractivity contribution in [2.24, 2.45) is 7.05 Å². The van der Waals surface area contributed by atoms with E-state index in [9.17, 15) is 14.4 Å². The van der Waals surface area contributed by atoms with E-state index in [4.69, 9.17) is 0 Å². The summed E-state index contributed by atoms with van der Waals surface area (Å²) in [6, 6.07) is 17.2. The molecule has 0 aliphatic rings. The van der Waals surface area contributed by atoms with Gasteiger partial charge in [0.25, 0.3) is 17.7 Å². The zero-order chi connectivity index (χ0) is 24.4. The normalized spacial score (nSPS) is 10.7. The number of amides is 3. The summed E-state index contributed by atoms with van der Waals surface area (Å²) in [4.78, 5) is 37.3. The molecule has 172 valence electrons. The second-order valence-corrected chi connectivity index (χ2v) is 8.76. The fourth-order valence-corrected chi connectivity index (χ4v) is 4.27. The summed E-state index contributed by atoms with van der Waals surface area (Å²) in [5.74, 6) is -0.789. The minimum atomic E-state index is -0.313. The number of fused-ring (bicyclic) bond motifs is 1. The lowest BCUT2D eigenvalue weighted by Gasteiger charge is -2.12. The van der Waals surface area contributed by atoms with Crippen LogP contribution in [0.1, 0.15) is 36.6 Å². The van der Waals surface area contributed by atoms with Gasteiger partial charge >= 0.3 is 0 Å². The van der Waals surface area contributed by atoms with Gasteiger partial charge in [0.15, 0.2) is 0 Å². The van der Waals surface area contributed by atoms with Crippen molar-refractivity contribution in [2.45, 2.75) is 6.92 Å². The molecule has 4 rings (SSSR count). The third-order valence-corrected chi connectivity index (χ3v) is 6.24. The number of nitrogens with zero attached hydrogens (tertiary/aromatic N) is 2. The number of aryl methyl sites for hydroxylation is 2. The average molecular weight is 567 g/mol. The minimum absolute atomic E-state index is 0.219. The van der Waals surface area contributed by atoms with E-state index in [0.717, 1.165) is 20.2 Å². The first-order valence-electron chi connectivity index (χ1n) is 10.4. The fourth-order valence-electron chi connectivity index (χ4n) is 3.51. The van der Waals surface area contributed by atoms with Gasteiger partial charge in [-0.1, -0.05) is 6.07 Å². The van der Waals surface area contributed by atoms with Crippen molar-refractivity contribution in [1.82, 2.24) is 15.1 Å². The van der Waals surface area contributed by atoms with Crippen LogP contribution in [0.4, 0.5) is 11.4 Å². The molecule has 0 saturated heterocycles. The molecule has 0 aliphatic heterocycles. The van der Waals surface area contributed by atoms with Gasteiger partial charge < -0.3 is 16.0 Å². The van der Waals surface area contributed by atoms with Crippen molar-refractivity contribution in [1.29, 1.82) is 0 Å². The average Bonchev–Trinajstić information content (AvgIpc) is 3.13. The Hall–Kier alpha value is -3.73. The van der Waals surface area contributed by atoms with Gasteiger partial charge in [-0.05, 0) is 89.7 Å². The number of rotatable bonds is 5. The van der Waals surface area contributed by atoms with Gasteiger partial charge in [0, 0.05) is 47.5 Å². The van der Waals surface area contributed by atoms with Gasteiger partial charge in [-0.15, -0.1) is 0 Å². The Morgan fingerprint density at radius 2 is 1.44 bits per heavy atom. The van der Waals surface area contributed by atoms with Gasteiger partial charge in [0.1, 0.15) is 3.70 Å². The molecule has 0 radical (unpaired) electrons. The number of hydrogen-bond donors (Lipinski definition) is 3. The maximum atomic E-state index is 12.9. The summed E-state index contributed by atoms with van der Waals surface area (Å²) < 4.78 is 2.60. The summed E-state index contributed by atoms with van der Waals surface area (Å²) in [7, 11) is 3.41. The van der Waals surface area contributed by atoms with Crippen molar-refractivity contribution >= 4 is 62.6 Å². The Labute approximate surface area is 209 Å². The van der Waals surface area contributed by atoms with E-state index in [1.807, 2.05) is 32.2 Å². The highest BCUT2D eigenvalue weighted by atomic mass is 127. The lowest BCUT2D eigenvalue weighted by molar-refractivity contribution is 0.0960. The van der Waals surface area contributed by atoms with E-state index >= 15 is 0 Å². The zero-order valence-corrected chi connectivity index (χ0v) is 20.9. The molecule has 34 heavy (non-hydrogen) atoms. The van der Waals surface area contributed by atoms with Crippen LogP contribution >= 0.6 is 22.6 Å². The second-order valence-electron chi connectivity index (χ2n) is 7.74. The lowest BCUT2D eigenvalue weighted by atomic mass is 10.1. The Balaban J connectivity index is 1.50. The predicted octanol–water partition coefficient (Wildman–Crippen LogP) is 4.35. The van der Waals surface area contributed by atoms with Crippen LogP contribution in [-0.4, -0.2) is 34.5 Å². The first-order chi connectivity index (χ1) is 16.3.